The molecule has 1 heterocycles. The number of hydrogen-bond acceptors (Lipinski definition) is 2. The second kappa shape index (κ2) is 2.98. The number of carbonyl (C=O) groups excluding carboxylic acids is 1. The zero-order valence-corrected chi connectivity index (χ0v) is 6.83. The molecule has 0 aromatic carbocycles. The van der Waals surface area contributed by atoms with Gasteiger partial charge in [0.1, 0.15) is 0 Å². The zero-order chi connectivity index (χ0) is 6.69. The van der Waals surface area contributed by atoms with E-state index in [1.807, 2.05) is 10.8 Å². The second-order valence-electron chi connectivity index (χ2n) is 1.40. The minimum absolute atomic E-state index is 0.660. The molecule has 0 radical (unpaired) electrons. The highest BCUT2D eigenvalue weighted by Gasteiger charge is 1.95. The highest BCUT2D eigenvalue weighted by molar-refractivity contribution is 9.10. The van der Waals surface area contributed by atoms with E-state index in [1.54, 1.807) is 0 Å². The van der Waals surface area contributed by atoms with Crippen LogP contribution in [0, 0.1) is 0 Å². The van der Waals surface area contributed by atoms with Crippen molar-refractivity contribution in [2.45, 2.75) is 0 Å². The summed E-state index contributed by atoms with van der Waals surface area (Å²) in [6, 6.07) is 0. The lowest BCUT2D eigenvalue weighted by molar-refractivity contribution is -0.105. The molecule has 48 valence electrons. The Morgan fingerprint density at radius 1 is 1.67 bits per heavy atom. The van der Waals surface area contributed by atoms with Crippen LogP contribution in [-0.4, -0.2) is 6.41 Å². The Labute approximate surface area is 65.0 Å². The lowest BCUT2D eigenvalue weighted by Crippen LogP contribution is -1.90. The fourth-order valence-electron chi connectivity index (χ4n) is 0.448. The number of thiophene rings is 1. The average Bonchev–Trinajstić information content (AvgIpc) is 2.18. The topological polar surface area (TPSA) is 29.1 Å². The molecular formula is C5H4BrNOS. The van der Waals surface area contributed by atoms with E-state index in [0.717, 1.165) is 10.2 Å². The van der Waals surface area contributed by atoms with Crippen LogP contribution < -0.4 is 5.32 Å². The molecule has 0 aliphatic rings. The first-order chi connectivity index (χ1) is 4.34. The molecular weight excluding hydrogens is 202 g/mol. The van der Waals surface area contributed by atoms with Gasteiger partial charge in [0.15, 0.2) is 0 Å². The molecule has 0 spiro atoms. The van der Waals surface area contributed by atoms with Crippen molar-refractivity contribution in [3.63, 3.8) is 0 Å². The van der Waals surface area contributed by atoms with Gasteiger partial charge in [0.2, 0.25) is 6.41 Å². The van der Waals surface area contributed by atoms with Crippen LogP contribution in [0.5, 0.6) is 0 Å². The fourth-order valence-corrected chi connectivity index (χ4v) is 1.80. The van der Waals surface area contributed by atoms with Gasteiger partial charge >= 0.3 is 0 Å². The van der Waals surface area contributed by atoms with Crippen LogP contribution in [0.4, 0.5) is 5.69 Å². The smallest absolute Gasteiger partial charge is 0.211 e. The molecule has 4 heteroatoms. The van der Waals surface area contributed by atoms with Crippen molar-refractivity contribution in [1.82, 2.24) is 0 Å². The maximum Gasteiger partial charge on any atom is 0.211 e. The lowest BCUT2D eigenvalue weighted by atomic mass is 10.5. The third-order valence-electron chi connectivity index (χ3n) is 0.829. The molecule has 0 saturated heterocycles. The monoisotopic (exact) mass is 205 g/mol. The average molecular weight is 206 g/mol. The summed E-state index contributed by atoms with van der Waals surface area (Å²) in [4.78, 5) is 9.90. The quantitative estimate of drug-likeness (QED) is 0.737. The van der Waals surface area contributed by atoms with Gasteiger partial charge in [-0.05, 0) is 15.9 Å². The highest BCUT2D eigenvalue weighted by Crippen LogP contribution is 2.25. The van der Waals surface area contributed by atoms with Gasteiger partial charge in [-0.25, -0.2) is 0 Å². The van der Waals surface area contributed by atoms with Crippen LogP contribution in [-0.2, 0) is 4.79 Å². The summed E-state index contributed by atoms with van der Waals surface area (Å²) in [5, 5.41) is 6.31. The Balaban J connectivity index is 2.80. The lowest BCUT2D eigenvalue weighted by Gasteiger charge is -1.90. The van der Waals surface area contributed by atoms with E-state index in [0.29, 0.717) is 6.41 Å². The van der Waals surface area contributed by atoms with E-state index in [2.05, 4.69) is 21.2 Å². The Morgan fingerprint density at radius 3 is 2.89 bits per heavy atom. The first kappa shape index (κ1) is 6.77. The van der Waals surface area contributed by atoms with Crippen LogP contribution in [0.3, 0.4) is 0 Å². The largest absolute Gasteiger partial charge is 0.327 e. The Morgan fingerprint density at radius 2 is 2.44 bits per heavy atom. The van der Waals surface area contributed by atoms with Gasteiger partial charge in [-0.15, -0.1) is 11.3 Å². The van der Waals surface area contributed by atoms with Gasteiger partial charge in [-0.2, -0.15) is 0 Å². The maximum atomic E-state index is 9.90. The van der Waals surface area contributed by atoms with E-state index in [4.69, 9.17) is 0 Å². The highest BCUT2D eigenvalue weighted by atomic mass is 79.9. The molecule has 0 fully saturated rings. The van der Waals surface area contributed by atoms with Crippen LogP contribution in [0.1, 0.15) is 0 Å². The van der Waals surface area contributed by atoms with Crippen molar-refractivity contribution >= 4 is 39.4 Å². The van der Waals surface area contributed by atoms with E-state index >= 15 is 0 Å². The van der Waals surface area contributed by atoms with Crippen LogP contribution >= 0.6 is 27.3 Å². The number of anilines is 1. The maximum absolute atomic E-state index is 9.90. The zero-order valence-electron chi connectivity index (χ0n) is 4.43. The number of amides is 1. The van der Waals surface area contributed by atoms with Crippen molar-refractivity contribution in [1.29, 1.82) is 0 Å². The molecule has 0 aliphatic carbocycles. The van der Waals surface area contributed by atoms with Gasteiger partial charge in [0, 0.05) is 10.8 Å². The Kier molecular flexibility index (Phi) is 2.24. The van der Waals surface area contributed by atoms with Crippen molar-refractivity contribution in [3.05, 3.63) is 15.2 Å². The number of hydrogen-bond donors (Lipinski definition) is 1. The molecule has 0 aliphatic heterocycles. The summed E-state index contributed by atoms with van der Waals surface area (Å²) in [5.41, 5.74) is 0.829. The Hall–Kier alpha value is -0.350. The van der Waals surface area contributed by atoms with Gasteiger partial charge in [-0.3, -0.25) is 4.79 Å². The number of carbonyl (C=O) groups is 1. The third-order valence-corrected chi connectivity index (χ3v) is 2.53. The summed E-state index contributed by atoms with van der Waals surface area (Å²) < 4.78 is 0.930. The summed E-state index contributed by atoms with van der Waals surface area (Å²) in [6.45, 7) is 0. The van der Waals surface area contributed by atoms with E-state index in [-0.39, 0.29) is 0 Å². The van der Waals surface area contributed by atoms with Crippen molar-refractivity contribution in [2.75, 3.05) is 5.32 Å². The van der Waals surface area contributed by atoms with Gasteiger partial charge in [-0.1, -0.05) is 0 Å². The first-order valence-corrected chi connectivity index (χ1v) is 4.00. The molecule has 0 atom stereocenters. The minimum Gasteiger partial charge on any atom is -0.327 e. The summed E-state index contributed by atoms with van der Waals surface area (Å²) >= 11 is 4.79. The van der Waals surface area contributed by atoms with Crippen molar-refractivity contribution < 1.29 is 4.79 Å². The molecule has 1 rings (SSSR count). The van der Waals surface area contributed by atoms with Gasteiger partial charge in [0.05, 0.1) is 10.2 Å². The summed E-state index contributed by atoms with van der Waals surface area (Å²) in [7, 11) is 0. The SMILES string of the molecule is O=CNc1cscc1Br. The molecule has 1 aromatic heterocycles. The molecule has 2 nitrogen and oxygen atoms in total. The molecule has 0 saturated carbocycles. The number of nitrogens with one attached hydrogen (secondary N) is 1. The van der Waals surface area contributed by atoms with E-state index < -0.39 is 0 Å². The fraction of sp³-hybridized carbons (Fsp3) is 0. The second-order valence-corrected chi connectivity index (χ2v) is 2.99. The van der Waals surface area contributed by atoms with Crippen LogP contribution in [0.15, 0.2) is 15.2 Å². The number of rotatable bonds is 2. The third kappa shape index (κ3) is 1.53. The number of halogens is 1. The van der Waals surface area contributed by atoms with Crippen LogP contribution in [0.25, 0.3) is 0 Å². The summed E-state index contributed by atoms with van der Waals surface area (Å²) in [6.07, 6.45) is 0.660. The summed E-state index contributed by atoms with van der Waals surface area (Å²) in [5.74, 6) is 0. The molecule has 9 heavy (non-hydrogen) atoms. The Bertz CT molecular complexity index is 210. The minimum atomic E-state index is 0.660. The molecule has 1 N–H and O–H groups in total. The molecule has 0 unspecified atom stereocenters. The van der Waals surface area contributed by atoms with Crippen molar-refractivity contribution in [3.8, 4) is 0 Å². The standard InChI is InChI=1S/C5H4BrNOS/c6-4-1-9-2-5(4)7-3-8/h1-3H,(H,7,8). The van der Waals surface area contributed by atoms with Crippen molar-refractivity contribution in [2.24, 2.45) is 0 Å². The van der Waals surface area contributed by atoms with Gasteiger partial charge in [0.25, 0.3) is 0 Å². The van der Waals surface area contributed by atoms with Gasteiger partial charge < -0.3 is 5.32 Å². The normalized spacial score (nSPS) is 9.00. The first-order valence-electron chi connectivity index (χ1n) is 2.26. The van der Waals surface area contributed by atoms with E-state index in [9.17, 15) is 4.79 Å². The predicted molar refractivity (Wildman–Crippen MR) is 41.7 cm³/mol. The molecule has 0 bridgehead atoms. The van der Waals surface area contributed by atoms with E-state index in [1.165, 1.54) is 11.3 Å². The molecule has 1 amide bonds. The molecule has 1 aromatic rings. The van der Waals surface area contributed by atoms with Crippen LogP contribution in [0.2, 0.25) is 0 Å². The predicted octanol–water partition coefficient (Wildman–Crippen LogP) is 2.08.